The van der Waals surface area contributed by atoms with E-state index in [4.69, 9.17) is 0 Å². The van der Waals surface area contributed by atoms with Crippen LogP contribution in [-0.2, 0) is 11.2 Å². The van der Waals surface area contributed by atoms with Crippen molar-refractivity contribution in [2.45, 2.75) is 38.6 Å². The van der Waals surface area contributed by atoms with Gasteiger partial charge in [-0.1, -0.05) is 19.4 Å². The number of aliphatic hydroxyl groups excluding tert-OH is 1. The van der Waals surface area contributed by atoms with Crippen LogP contribution >= 0.6 is 11.3 Å². The van der Waals surface area contributed by atoms with Crippen LogP contribution in [0.1, 0.15) is 31.9 Å². The minimum Gasteiger partial charge on any atom is -0.396 e. The highest BCUT2D eigenvalue weighted by atomic mass is 32.1. The lowest BCUT2D eigenvalue weighted by atomic mass is 9.86. The summed E-state index contributed by atoms with van der Waals surface area (Å²) >= 11 is 1.50. The number of carbonyl (C=O) groups excluding carboxylic acids is 1. The third-order valence-corrected chi connectivity index (χ3v) is 5.47. The standard InChI is InChI=1S/C17H21N3O2S/c1-17(11-21)7-4-6-14(17)20-15(22)9-12-10-23-16(19-12)13-5-2-3-8-18-13/h2-3,5,8,10,14,21H,4,6-7,9,11H2,1H3,(H,20,22). The third kappa shape index (κ3) is 3.59. The summed E-state index contributed by atoms with van der Waals surface area (Å²) in [6.45, 7) is 2.14. The van der Waals surface area contributed by atoms with Crippen LogP contribution in [0.25, 0.3) is 10.7 Å². The number of thiazole rings is 1. The van der Waals surface area contributed by atoms with Gasteiger partial charge in [0.25, 0.3) is 0 Å². The molecule has 1 fully saturated rings. The first-order valence-electron chi connectivity index (χ1n) is 7.87. The Morgan fingerprint density at radius 3 is 3.13 bits per heavy atom. The maximum absolute atomic E-state index is 12.3. The molecule has 1 amide bonds. The van der Waals surface area contributed by atoms with Gasteiger partial charge in [0.15, 0.2) is 0 Å². The first-order valence-corrected chi connectivity index (χ1v) is 8.75. The smallest absolute Gasteiger partial charge is 0.226 e. The second-order valence-corrected chi connectivity index (χ2v) is 7.22. The van der Waals surface area contributed by atoms with Crippen molar-refractivity contribution in [3.05, 3.63) is 35.5 Å². The lowest BCUT2D eigenvalue weighted by Crippen LogP contribution is -2.45. The SMILES string of the molecule is CC1(CO)CCCC1NC(=O)Cc1csc(-c2ccccn2)n1. The molecule has 0 radical (unpaired) electrons. The molecule has 2 N–H and O–H groups in total. The van der Waals surface area contributed by atoms with Crippen molar-refractivity contribution < 1.29 is 9.90 Å². The molecule has 0 saturated heterocycles. The Balaban J connectivity index is 1.62. The molecule has 0 spiro atoms. The van der Waals surface area contributed by atoms with Gasteiger partial charge in [0.1, 0.15) is 5.01 Å². The summed E-state index contributed by atoms with van der Waals surface area (Å²) in [4.78, 5) is 21.0. The van der Waals surface area contributed by atoms with E-state index in [1.54, 1.807) is 6.20 Å². The number of aromatic nitrogens is 2. The maximum atomic E-state index is 12.3. The van der Waals surface area contributed by atoms with Crippen molar-refractivity contribution >= 4 is 17.2 Å². The summed E-state index contributed by atoms with van der Waals surface area (Å²) in [6.07, 6.45) is 4.93. The molecule has 5 nitrogen and oxygen atoms in total. The molecule has 1 aliphatic carbocycles. The minimum atomic E-state index is -0.198. The second-order valence-electron chi connectivity index (χ2n) is 6.36. The molecular formula is C17H21N3O2S. The number of nitrogens with zero attached hydrogens (tertiary/aromatic N) is 2. The number of hydrogen-bond acceptors (Lipinski definition) is 5. The van der Waals surface area contributed by atoms with Crippen LogP contribution in [-0.4, -0.2) is 33.6 Å². The molecule has 2 heterocycles. The fraction of sp³-hybridized carbons (Fsp3) is 0.471. The molecular weight excluding hydrogens is 310 g/mol. The first-order chi connectivity index (χ1) is 11.1. The van der Waals surface area contributed by atoms with Crippen molar-refractivity contribution in [2.75, 3.05) is 6.61 Å². The van der Waals surface area contributed by atoms with Crippen molar-refractivity contribution in [1.29, 1.82) is 0 Å². The molecule has 0 aromatic carbocycles. The topological polar surface area (TPSA) is 75.1 Å². The van der Waals surface area contributed by atoms with E-state index in [-0.39, 0.29) is 30.4 Å². The number of hydrogen-bond donors (Lipinski definition) is 2. The molecule has 2 atom stereocenters. The highest BCUT2D eigenvalue weighted by molar-refractivity contribution is 7.13. The van der Waals surface area contributed by atoms with Crippen molar-refractivity contribution in [3.63, 3.8) is 0 Å². The Bertz CT molecular complexity index is 673. The Morgan fingerprint density at radius 2 is 2.39 bits per heavy atom. The van der Waals surface area contributed by atoms with Gasteiger partial charge in [-0.05, 0) is 25.0 Å². The average molecular weight is 331 g/mol. The number of rotatable bonds is 5. The van der Waals surface area contributed by atoms with E-state index >= 15 is 0 Å². The van der Waals surface area contributed by atoms with Crippen LogP contribution in [0.3, 0.4) is 0 Å². The largest absolute Gasteiger partial charge is 0.396 e. The third-order valence-electron chi connectivity index (χ3n) is 4.56. The average Bonchev–Trinajstić information content (AvgIpc) is 3.16. The van der Waals surface area contributed by atoms with Gasteiger partial charge in [-0.2, -0.15) is 0 Å². The van der Waals surface area contributed by atoms with E-state index in [0.717, 1.165) is 35.7 Å². The summed E-state index contributed by atoms with van der Waals surface area (Å²) < 4.78 is 0. The molecule has 6 heteroatoms. The van der Waals surface area contributed by atoms with Gasteiger partial charge in [0.2, 0.25) is 5.91 Å². The maximum Gasteiger partial charge on any atom is 0.226 e. The zero-order chi connectivity index (χ0) is 16.3. The molecule has 23 heavy (non-hydrogen) atoms. The van der Waals surface area contributed by atoms with Crippen LogP contribution in [0.2, 0.25) is 0 Å². The fourth-order valence-corrected chi connectivity index (χ4v) is 3.87. The zero-order valence-corrected chi connectivity index (χ0v) is 14.0. The predicted octanol–water partition coefficient (Wildman–Crippen LogP) is 2.41. The van der Waals surface area contributed by atoms with Crippen LogP contribution < -0.4 is 5.32 Å². The van der Waals surface area contributed by atoms with E-state index in [1.807, 2.05) is 30.5 Å². The quantitative estimate of drug-likeness (QED) is 0.882. The molecule has 2 unspecified atom stereocenters. The van der Waals surface area contributed by atoms with E-state index in [9.17, 15) is 9.90 Å². The first kappa shape index (κ1) is 16.1. The number of amides is 1. The molecule has 2 aromatic heterocycles. The molecule has 3 rings (SSSR count). The monoisotopic (exact) mass is 331 g/mol. The second kappa shape index (κ2) is 6.76. The Hall–Kier alpha value is -1.79. The van der Waals surface area contributed by atoms with E-state index in [2.05, 4.69) is 15.3 Å². The molecule has 2 aromatic rings. The minimum absolute atomic E-state index is 0.0329. The molecule has 0 bridgehead atoms. The number of pyridine rings is 1. The molecule has 1 aliphatic rings. The predicted molar refractivity (Wildman–Crippen MR) is 90.0 cm³/mol. The lowest BCUT2D eigenvalue weighted by Gasteiger charge is -2.30. The number of aliphatic hydroxyl groups is 1. The highest BCUT2D eigenvalue weighted by Crippen LogP contribution is 2.37. The van der Waals surface area contributed by atoms with Crippen molar-refractivity contribution in [2.24, 2.45) is 5.41 Å². The fourth-order valence-electron chi connectivity index (χ4n) is 3.07. The van der Waals surface area contributed by atoms with E-state index < -0.39 is 0 Å². The van der Waals surface area contributed by atoms with Crippen LogP contribution in [0.5, 0.6) is 0 Å². The Morgan fingerprint density at radius 1 is 1.52 bits per heavy atom. The molecule has 122 valence electrons. The van der Waals surface area contributed by atoms with Gasteiger partial charge in [0.05, 0.1) is 24.4 Å². The van der Waals surface area contributed by atoms with Crippen LogP contribution in [0.15, 0.2) is 29.8 Å². The normalized spacial score (nSPS) is 23.8. The molecule has 0 aliphatic heterocycles. The highest BCUT2D eigenvalue weighted by Gasteiger charge is 2.39. The Labute approximate surface area is 139 Å². The van der Waals surface area contributed by atoms with Gasteiger partial charge in [0, 0.05) is 23.0 Å². The van der Waals surface area contributed by atoms with Crippen LogP contribution in [0.4, 0.5) is 0 Å². The summed E-state index contributed by atoms with van der Waals surface area (Å²) in [6, 6.07) is 5.75. The van der Waals surface area contributed by atoms with Gasteiger partial charge in [-0.15, -0.1) is 11.3 Å². The number of carbonyl (C=O) groups is 1. The summed E-state index contributed by atoms with van der Waals surface area (Å²) in [5.74, 6) is -0.0329. The van der Waals surface area contributed by atoms with E-state index in [1.165, 1.54) is 11.3 Å². The van der Waals surface area contributed by atoms with Gasteiger partial charge in [-0.3, -0.25) is 9.78 Å². The lowest BCUT2D eigenvalue weighted by molar-refractivity contribution is -0.122. The van der Waals surface area contributed by atoms with Gasteiger partial charge < -0.3 is 10.4 Å². The number of nitrogens with one attached hydrogen (secondary N) is 1. The van der Waals surface area contributed by atoms with Gasteiger partial charge in [-0.25, -0.2) is 4.98 Å². The molecule has 1 saturated carbocycles. The van der Waals surface area contributed by atoms with Crippen molar-refractivity contribution in [1.82, 2.24) is 15.3 Å². The summed E-state index contributed by atoms with van der Waals surface area (Å²) in [7, 11) is 0. The van der Waals surface area contributed by atoms with E-state index in [0.29, 0.717) is 0 Å². The summed E-state index contributed by atoms with van der Waals surface area (Å²) in [5.41, 5.74) is 1.39. The van der Waals surface area contributed by atoms with Crippen molar-refractivity contribution in [3.8, 4) is 10.7 Å². The summed E-state index contributed by atoms with van der Waals surface area (Å²) in [5, 5.41) is 15.4. The zero-order valence-electron chi connectivity index (χ0n) is 13.2. The Kier molecular flexibility index (Phi) is 4.73. The van der Waals surface area contributed by atoms with Crippen LogP contribution in [0, 0.1) is 5.41 Å². The van der Waals surface area contributed by atoms with Gasteiger partial charge >= 0.3 is 0 Å².